The van der Waals surface area contributed by atoms with Gasteiger partial charge in [0.1, 0.15) is 5.82 Å². The average molecular weight is 399 g/mol. The van der Waals surface area contributed by atoms with Gasteiger partial charge in [0.2, 0.25) is 5.91 Å². The highest BCUT2D eigenvalue weighted by Crippen LogP contribution is 2.25. The molecule has 144 valence electrons. The molecular formula is C21H20ClFN4O. The molecule has 2 N–H and O–H groups in total. The standard InChI is InChI=1S/C21H20ClFN4O/c22-18-4-2-1-3-15(18)11-21(28)24-17-9-10-27(13-17)20-12-19(25-26-20)14-5-7-16(23)8-6-14/h1-8,12,17H,9-11,13H2,(H,24,28)(H,25,26). The number of aromatic nitrogens is 2. The molecule has 0 spiro atoms. The minimum Gasteiger partial charge on any atom is -0.353 e. The van der Waals surface area contributed by atoms with Crippen LogP contribution >= 0.6 is 11.6 Å². The summed E-state index contributed by atoms with van der Waals surface area (Å²) in [4.78, 5) is 14.5. The van der Waals surface area contributed by atoms with Crippen molar-refractivity contribution in [1.82, 2.24) is 15.5 Å². The minimum atomic E-state index is -0.265. The molecule has 5 nitrogen and oxygen atoms in total. The Morgan fingerprint density at radius 1 is 1.25 bits per heavy atom. The maximum absolute atomic E-state index is 13.1. The molecule has 3 aromatic rings. The Morgan fingerprint density at radius 3 is 2.82 bits per heavy atom. The van der Waals surface area contributed by atoms with Gasteiger partial charge in [-0.15, -0.1) is 0 Å². The fraction of sp³-hybridized carbons (Fsp3) is 0.238. The molecule has 1 saturated heterocycles. The lowest BCUT2D eigenvalue weighted by Crippen LogP contribution is -2.38. The average Bonchev–Trinajstić information content (AvgIpc) is 3.34. The van der Waals surface area contributed by atoms with Gasteiger partial charge in [-0.1, -0.05) is 29.8 Å². The van der Waals surface area contributed by atoms with Crippen molar-refractivity contribution in [2.24, 2.45) is 0 Å². The predicted molar refractivity (Wildman–Crippen MR) is 108 cm³/mol. The summed E-state index contributed by atoms with van der Waals surface area (Å²) in [6, 6.07) is 15.7. The Bertz CT molecular complexity index is 973. The van der Waals surface area contributed by atoms with Crippen molar-refractivity contribution in [3.63, 3.8) is 0 Å². The van der Waals surface area contributed by atoms with E-state index in [-0.39, 0.29) is 24.2 Å². The summed E-state index contributed by atoms with van der Waals surface area (Å²) in [5.41, 5.74) is 2.54. The lowest BCUT2D eigenvalue weighted by molar-refractivity contribution is -0.121. The molecule has 2 heterocycles. The van der Waals surface area contributed by atoms with E-state index in [1.54, 1.807) is 18.2 Å². The van der Waals surface area contributed by atoms with Crippen LogP contribution in [0.3, 0.4) is 0 Å². The Balaban J connectivity index is 1.35. The van der Waals surface area contributed by atoms with Crippen LogP contribution in [-0.2, 0) is 11.2 Å². The van der Waals surface area contributed by atoms with Crippen LogP contribution in [0.2, 0.25) is 5.02 Å². The van der Waals surface area contributed by atoms with Crippen molar-refractivity contribution in [3.05, 3.63) is 71.0 Å². The van der Waals surface area contributed by atoms with Crippen LogP contribution in [0.1, 0.15) is 12.0 Å². The Labute approximate surface area is 167 Å². The smallest absolute Gasteiger partial charge is 0.224 e. The number of benzene rings is 2. The van der Waals surface area contributed by atoms with Gasteiger partial charge in [-0.3, -0.25) is 9.89 Å². The van der Waals surface area contributed by atoms with Gasteiger partial charge < -0.3 is 10.2 Å². The maximum Gasteiger partial charge on any atom is 0.224 e. The third-order valence-corrected chi connectivity index (χ3v) is 5.27. The molecule has 1 aliphatic heterocycles. The van der Waals surface area contributed by atoms with Gasteiger partial charge in [0.25, 0.3) is 0 Å². The van der Waals surface area contributed by atoms with Gasteiger partial charge in [-0.2, -0.15) is 5.10 Å². The zero-order chi connectivity index (χ0) is 19.5. The van der Waals surface area contributed by atoms with Gasteiger partial charge in [0.15, 0.2) is 5.82 Å². The number of H-pyrrole nitrogens is 1. The van der Waals surface area contributed by atoms with E-state index in [1.165, 1.54) is 12.1 Å². The number of amides is 1. The monoisotopic (exact) mass is 398 g/mol. The molecule has 0 bridgehead atoms. The molecule has 2 aromatic carbocycles. The van der Waals surface area contributed by atoms with E-state index in [4.69, 9.17) is 11.6 Å². The fourth-order valence-electron chi connectivity index (χ4n) is 3.43. The van der Waals surface area contributed by atoms with Gasteiger partial charge in [0, 0.05) is 30.2 Å². The van der Waals surface area contributed by atoms with Gasteiger partial charge in [-0.05, 0) is 47.9 Å². The molecule has 7 heteroatoms. The summed E-state index contributed by atoms with van der Waals surface area (Å²) in [5.74, 6) is 0.523. The summed E-state index contributed by atoms with van der Waals surface area (Å²) in [5, 5.41) is 11.1. The highest BCUT2D eigenvalue weighted by molar-refractivity contribution is 6.31. The number of nitrogens with one attached hydrogen (secondary N) is 2. The summed E-state index contributed by atoms with van der Waals surface area (Å²) in [7, 11) is 0. The largest absolute Gasteiger partial charge is 0.353 e. The van der Waals surface area contributed by atoms with E-state index >= 15 is 0 Å². The number of hydrogen-bond acceptors (Lipinski definition) is 3. The quantitative estimate of drug-likeness (QED) is 0.687. The van der Waals surface area contributed by atoms with Crippen molar-refractivity contribution in [2.75, 3.05) is 18.0 Å². The summed E-state index contributed by atoms with van der Waals surface area (Å²) in [6.07, 6.45) is 1.13. The van der Waals surface area contributed by atoms with E-state index < -0.39 is 0 Å². The lowest BCUT2D eigenvalue weighted by atomic mass is 10.1. The fourth-order valence-corrected chi connectivity index (χ4v) is 3.63. The van der Waals surface area contributed by atoms with E-state index in [9.17, 15) is 9.18 Å². The van der Waals surface area contributed by atoms with Crippen LogP contribution in [0, 0.1) is 5.82 Å². The second-order valence-corrected chi connectivity index (χ2v) is 7.32. The number of anilines is 1. The van der Waals surface area contributed by atoms with Gasteiger partial charge in [0.05, 0.1) is 12.1 Å². The van der Waals surface area contributed by atoms with Crippen molar-refractivity contribution in [2.45, 2.75) is 18.9 Å². The van der Waals surface area contributed by atoms with Crippen LogP contribution < -0.4 is 10.2 Å². The molecule has 1 aromatic heterocycles. The van der Waals surface area contributed by atoms with Crippen LogP contribution in [0.5, 0.6) is 0 Å². The topological polar surface area (TPSA) is 61.0 Å². The summed E-state index contributed by atoms with van der Waals surface area (Å²) >= 11 is 6.13. The second kappa shape index (κ2) is 8.02. The first-order chi connectivity index (χ1) is 13.6. The third kappa shape index (κ3) is 4.17. The highest BCUT2D eigenvalue weighted by Gasteiger charge is 2.25. The Morgan fingerprint density at radius 2 is 2.04 bits per heavy atom. The zero-order valence-corrected chi connectivity index (χ0v) is 15.9. The van der Waals surface area contributed by atoms with Crippen LogP contribution in [-0.4, -0.2) is 35.2 Å². The molecule has 0 aliphatic carbocycles. The SMILES string of the molecule is O=C(Cc1ccccc1Cl)NC1CCN(c2cc(-c3ccc(F)cc3)[nH]n2)C1. The molecular weight excluding hydrogens is 379 g/mol. The first-order valence-electron chi connectivity index (χ1n) is 9.17. The maximum atomic E-state index is 13.1. The number of nitrogens with zero attached hydrogens (tertiary/aromatic N) is 2. The summed E-state index contributed by atoms with van der Waals surface area (Å²) < 4.78 is 13.1. The third-order valence-electron chi connectivity index (χ3n) is 4.91. The molecule has 4 rings (SSSR count). The molecule has 0 saturated carbocycles. The van der Waals surface area contributed by atoms with E-state index in [1.807, 2.05) is 24.3 Å². The van der Waals surface area contributed by atoms with Crippen molar-refractivity contribution >= 4 is 23.3 Å². The van der Waals surface area contributed by atoms with Crippen molar-refractivity contribution in [3.8, 4) is 11.3 Å². The van der Waals surface area contributed by atoms with Crippen LogP contribution in [0.4, 0.5) is 10.2 Å². The molecule has 0 radical (unpaired) electrons. The Hall–Kier alpha value is -2.86. The number of rotatable bonds is 5. The number of carbonyl (C=O) groups is 1. The van der Waals surface area contributed by atoms with E-state index in [0.717, 1.165) is 35.6 Å². The summed E-state index contributed by atoms with van der Waals surface area (Å²) in [6.45, 7) is 1.51. The van der Waals surface area contributed by atoms with E-state index in [0.29, 0.717) is 11.6 Å². The molecule has 1 fully saturated rings. The lowest BCUT2D eigenvalue weighted by Gasteiger charge is -2.16. The number of aromatic amines is 1. The number of hydrogen-bond donors (Lipinski definition) is 2. The van der Waals surface area contributed by atoms with E-state index in [2.05, 4.69) is 20.4 Å². The number of halogens is 2. The highest BCUT2D eigenvalue weighted by atomic mass is 35.5. The van der Waals surface area contributed by atoms with Crippen LogP contribution in [0.15, 0.2) is 54.6 Å². The first-order valence-corrected chi connectivity index (χ1v) is 9.55. The second-order valence-electron chi connectivity index (χ2n) is 6.91. The molecule has 1 aliphatic rings. The van der Waals surface area contributed by atoms with Crippen molar-refractivity contribution in [1.29, 1.82) is 0 Å². The zero-order valence-electron chi connectivity index (χ0n) is 15.2. The Kier molecular flexibility index (Phi) is 5.30. The van der Waals surface area contributed by atoms with Gasteiger partial charge in [-0.25, -0.2) is 4.39 Å². The molecule has 1 atom stereocenters. The van der Waals surface area contributed by atoms with Crippen LogP contribution in [0.25, 0.3) is 11.3 Å². The van der Waals surface area contributed by atoms with Gasteiger partial charge >= 0.3 is 0 Å². The predicted octanol–water partition coefficient (Wildman–Crippen LogP) is 3.81. The van der Waals surface area contributed by atoms with Crippen molar-refractivity contribution < 1.29 is 9.18 Å². The number of carbonyl (C=O) groups excluding carboxylic acids is 1. The first kappa shape index (κ1) is 18.5. The molecule has 1 unspecified atom stereocenters. The minimum absolute atomic E-state index is 0.0334. The normalized spacial score (nSPS) is 16.4. The molecule has 28 heavy (non-hydrogen) atoms. The molecule has 1 amide bonds.